The molecule has 4 heterocycles. The summed E-state index contributed by atoms with van der Waals surface area (Å²) in [5.74, 6) is -0.0751. The Morgan fingerprint density at radius 3 is 2.58 bits per heavy atom. The van der Waals surface area contributed by atoms with Crippen molar-refractivity contribution in [2.24, 2.45) is 11.8 Å². The van der Waals surface area contributed by atoms with Gasteiger partial charge in [0.25, 0.3) is 0 Å². The monoisotopic (exact) mass is 545 g/mol. The molecule has 5 rings (SSSR count). The zero-order chi connectivity index (χ0) is 28.2. The largest absolute Gasteiger partial charge is 0.381 e. The second-order valence-electron chi connectivity index (χ2n) is 11.7. The van der Waals surface area contributed by atoms with Gasteiger partial charge in [0.05, 0.1) is 11.7 Å². The van der Waals surface area contributed by atoms with Crippen LogP contribution in [-0.4, -0.2) is 70.9 Å². The maximum absolute atomic E-state index is 14.1. The van der Waals surface area contributed by atoms with Gasteiger partial charge in [-0.3, -0.25) is 9.59 Å². The number of rotatable bonds is 9. The Hall–Kier alpha value is -3.23. The van der Waals surface area contributed by atoms with E-state index in [-0.39, 0.29) is 29.7 Å². The van der Waals surface area contributed by atoms with Gasteiger partial charge < -0.3 is 24.3 Å². The van der Waals surface area contributed by atoms with Crippen molar-refractivity contribution < 1.29 is 14.3 Å². The third-order valence-electron chi connectivity index (χ3n) is 8.50. The third kappa shape index (κ3) is 6.08. The molecular weight excluding hydrogens is 502 g/mol. The van der Waals surface area contributed by atoms with Crippen LogP contribution in [0.3, 0.4) is 0 Å². The Morgan fingerprint density at radius 1 is 1.12 bits per heavy atom. The van der Waals surface area contributed by atoms with E-state index in [0.29, 0.717) is 19.8 Å². The van der Waals surface area contributed by atoms with E-state index in [1.807, 2.05) is 31.0 Å². The maximum atomic E-state index is 14.1. The Bertz CT molecular complexity index is 1310. The zero-order valence-corrected chi connectivity index (χ0v) is 24.3. The van der Waals surface area contributed by atoms with Crippen LogP contribution in [0.25, 0.3) is 16.8 Å². The fourth-order valence-electron chi connectivity index (χ4n) is 6.00. The lowest BCUT2D eigenvalue weighted by Gasteiger charge is -2.35. The molecule has 3 aromatic rings. The van der Waals surface area contributed by atoms with Gasteiger partial charge in [-0.25, -0.2) is 4.98 Å². The topological polar surface area (TPSA) is 79.2 Å². The molecular formula is C32H43N5O3. The molecule has 214 valence electrons. The number of fused-ring (bicyclic) bond motifs is 1. The normalized spacial score (nSPS) is 19.7. The number of pyridine rings is 1. The molecule has 2 fully saturated rings. The molecule has 0 aliphatic carbocycles. The van der Waals surface area contributed by atoms with Gasteiger partial charge in [-0.15, -0.1) is 0 Å². The number of nitrogens with one attached hydrogen (secondary N) is 1. The van der Waals surface area contributed by atoms with E-state index in [0.717, 1.165) is 61.1 Å². The quantitative estimate of drug-likeness (QED) is 0.422. The molecule has 2 saturated heterocycles. The summed E-state index contributed by atoms with van der Waals surface area (Å²) < 4.78 is 7.64. The van der Waals surface area contributed by atoms with E-state index in [9.17, 15) is 9.59 Å². The number of benzene rings is 1. The number of nitrogens with zero attached hydrogens (tertiary/aromatic N) is 4. The van der Waals surface area contributed by atoms with E-state index in [2.05, 4.69) is 65.2 Å². The van der Waals surface area contributed by atoms with Gasteiger partial charge in [0.2, 0.25) is 11.8 Å². The summed E-state index contributed by atoms with van der Waals surface area (Å²) >= 11 is 0. The fraction of sp³-hybridized carbons (Fsp3) is 0.531. The number of imidazole rings is 1. The molecule has 2 aliphatic heterocycles. The average Bonchev–Trinajstić information content (AvgIpc) is 3.63. The van der Waals surface area contributed by atoms with Gasteiger partial charge in [0.1, 0.15) is 11.7 Å². The molecule has 40 heavy (non-hydrogen) atoms. The molecule has 2 aromatic heterocycles. The summed E-state index contributed by atoms with van der Waals surface area (Å²) in [7, 11) is 4.15. The second-order valence-corrected chi connectivity index (χ2v) is 11.7. The van der Waals surface area contributed by atoms with Crippen LogP contribution in [0.15, 0.2) is 48.8 Å². The standard InChI is InChI=1S/C32H43N5O3/c1-5-22(2)31(38)34-29(25-14-18-40-19-15-25)32(39)37-17-7-9-28(37)27-21-36-16-6-8-26(30(36)33-27)24-12-10-23(11-13-24)20-35(3)4/h6,8,10-13,16,21-22,25,28-29H,5,7,9,14-15,17-20H2,1-4H3,(H,34,38)/t22-,28+,29+/m1/s1. The van der Waals surface area contributed by atoms with Crippen LogP contribution in [0.4, 0.5) is 0 Å². The first-order valence-electron chi connectivity index (χ1n) is 14.8. The number of likely N-dealkylation sites (tertiary alicyclic amines) is 1. The predicted molar refractivity (Wildman–Crippen MR) is 157 cm³/mol. The zero-order valence-electron chi connectivity index (χ0n) is 24.3. The van der Waals surface area contributed by atoms with Crippen molar-refractivity contribution >= 4 is 17.5 Å². The minimum Gasteiger partial charge on any atom is -0.381 e. The number of aromatic nitrogens is 2. The minimum absolute atomic E-state index is 0.0137. The highest BCUT2D eigenvalue weighted by Gasteiger charge is 2.40. The molecule has 1 N–H and O–H groups in total. The molecule has 8 nitrogen and oxygen atoms in total. The van der Waals surface area contributed by atoms with E-state index >= 15 is 0 Å². The Labute approximate surface area is 237 Å². The summed E-state index contributed by atoms with van der Waals surface area (Å²) in [6, 6.07) is 12.2. The molecule has 0 saturated carbocycles. The highest BCUT2D eigenvalue weighted by molar-refractivity contribution is 5.89. The molecule has 0 radical (unpaired) electrons. The molecule has 8 heteroatoms. The van der Waals surface area contributed by atoms with Crippen LogP contribution >= 0.6 is 0 Å². The molecule has 0 unspecified atom stereocenters. The summed E-state index contributed by atoms with van der Waals surface area (Å²) in [5, 5.41) is 3.15. The lowest BCUT2D eigenvalue weighted by molar-refractivity contribution is -0.140. The number of amides is 2. The molecule has 0 spiro atoms. The molecule has 0 bridgehead atoms. The Kier molecular flexibility index (Phi) is 8.86. The SMILES string of the molecule is CC[C@@H](C)C(=O)N[C@H](C(=O)N1CCC[C@H]1c1cn2cccc(-c3ccc(CN(C)C)cc3)c2n1)C1CCOCC1. The lowest BCUT2D eigenvalue weighted by atomic mass is 9.90. The fourth-order valence-corrected chi connectivity index (χ4v) is 6.00. The van der Waals surface area contributed by atoms with E-state index in [4.69, 9.17) is 9.72 Å². The maximum Gasteiger partial charge on any atom is 0.246 e. The van der Waals surface area contributed by atoms with Crippen LogP contribution in [-0.2, 0) is 20.9 Å². The Morgan fingerprint density at radius 2 is 1.88 bits per heavy atom. The summed E-state index contributed by atoms with van der Waals surface area (Å²) in [4.78, 5) is 36.3. The number of hydrogen-bond donors (Lipinski definition) is 1. The minimum atomic E-state index is -0.528. The molecule has 3 atom stereocenters. The lowest BCUT2D eigenvalue weighted by Crippen LogP contribution is -2.54. The second kappa shape index (κ2) is 12.5. The smallest absolute Gasteiger partial charge is 0.246 e. The van der Waals surface area contributed by atoms with Crippen molar-refractivity contribution in [3.8, 4) is 11.1 Å². The van der Waals surface area contributed by atoms with Crippen LogP contribution in [0, 0.1) is 11.8 Å². The van der Waals surface area contributed by atoms with E-state index in [1.54, 1.807) is 0 Å². The predicted octanol–water partition coefficient (Wildman–Crippen LogP) is 4.68. The van der Waals surface area contributed by atoms with Crippen molar-refractivity contribution in [2.75, 3.05) is 33.9 Å². The van der Waals surface area contributed by atoms with Crippen molar-refractivity contribution in [2.45, 2.75) is 64.6 Å². The van der Waals surface area contributed by atoms with E-state index < -0.39 is 6.04 Å². The van der Waals surface area contributed by atoms with E-state index in [1.165, 1.54) is 5.56 Å². The molecule has 2 aliphatic rings. The van der Waals surface area contributed by atoms with Gasteiger partial charge in [0.15, 0.2) is 0 Å². The molecule has 1 aromatic carbocycles. The first kappa shape index (κ1) is 28.3. The first-order chi connectivity index (χ1) is 19.4. The van der Waals surface area contributed by atoms with Crippen LogP contribution in [0.2, 0.25) is 0 Å². The van der Waals surface area contributed by atoms with Crippen LogP contribution in [0.1, 0.15) is 63.3 Å². The van der Waals surface area contributed by atoms with Gasteiger partial charge >= 0.3 is 0 Å². The summed E-state index contributed by atoms with van der Waals surface area (Å²) in [5.41, 5.74) is 5.26. The van der Waals surface area contributed by atoms with Crippen molar-refractivity contribution in [1.82, 2.24) is 24.5 Å². The summed E-state index contributed by atoms with van der Waals surface area (Å²) in [6.45, 7) is 6.75. The number of carbonyl (C=O) groups is 2. The van der Waals surface area contributed by atoms with Crippen molar-refractivity contribution in [3.05, 3.63) is 60.0 Å². The van der Waals surface area contributed by atoms with Crippen LogP contribution < -0.4 is 5.32 Å². The average molecular weight is 546 g/mol. The van der Waals surface area contributed by atoms with Crippen LogP contribution in [0.5, 0.6) is 0 Å². The Balaban J connectivity index is 1.41. The van der Waals surface area contributed by atoms with Crippen molar-refractivity contribution in [3.63, 3.8) is 0 Å². The highest BCUT2D eigenvalue weighted by Crippen LogP contribution is 2.35. The third-order valence-corrected chi connectivity index (χ3v) is 8.50. The molecule has 2 amide bonds. The summed E-state index contributed by atoms with van der Waals surface area (Å²) in [6.07, 6.45) is 8.18. The van der Waals surface area contributed by atoms with Gasteiger partial charge in [-0.05, 0) is 75.4 Å². The van der Waals surface area contributed by atoms with Gasteiger partial charge in [-0.2, -0.15) is 0 Å². The number of carbonyl (C=O) groups excluding carboxylic acids is 2. The first-order valence-corrected chi connectivity index (χ1v) is 14.8. The van der Waals surface area contributed by atoms with Gasteiger partial charge in [0, 0.05) is 50.2 Å². The number of ether oxygens (including phenoxy) is 1. The highest BCUT2D eigenvalue weighted by atomic mass is 16.5. The van der Waals surface area contributed by atoms with Crippen molar-refractivity contribution in [1.29, 1.82) is 0 Å². The number of hydrogen-bond acceptors (Lipinski definition) is 5. The van der Waals surface area contributed by atoms with Gasteiger partial charge in [-0.1, -0.05) is 38.1 Å².